The average molecular weight is 368 g/mol. The molecule has 1 aromatic carbocycles. The van der Waals surface area contributed by atoms with Crippen LogP contribution in [0.2, 0.25) is 5.02 Å². The zero-order chi connectivity index (χ0) is 17.8. The van der Waals surface area contributed by atoms with Gasteiger partial charge in [0.2, 0.25) is 0 Å². The molecule has 2 heterocycles. The van der Waals surface area contributed by atoms with Crippen LogP contribution in [0.3, 0.4) is 0 Å². The maximum absolute atomic E-state index is 5.86. The summed E-state index contributed by atoms with van der Waals surface area (Å²) in [4.78, 5) is 1.17. The molecule has 1 aliphatic heterocycles. The van der Waals surface area contributed by atoms with Gasteiger partial charge in [-0.25, -0.2) is 0 Å². The molecule has 0 aliphatic carbocycles. The largest absolute Gasteiger partial charge is 0.377 e. The Morgan fingerprint density at radius 3 is 2.21 bits per heavy atom. The molecular weight excluding hydrogens is 342 g/mol. The third-order valence-electron chi connectivity index (χ3n) is 2.91. The fraction of sp³-hybridized carbons (Fsp3) is 0.444. The van der Waals surface area contributed by atoms with Crippen LogP contribution in [-0.4, -0.2) is 29.5 Å². The lowest BCUT2D eigenvalue weighted by Crippen LogP contribution is -2.40. The average Bonchev–Trinajstić information content (AvgIpc) is 2.62. The highest BCUT2D eigenvalue weighted by Crippen LogP contribution is 2.23. The maximum atomic E-state index is 5.86. The molecule has 0 spiro atoms. The number of nitrogens with one attached hydrogen (secondary N) is 1. The van der Waals surface area contributed by atoms with Crippen LogP contribution in [0, 0.1) is 0 Å². The molecule has 0 unspecified atom stereocenters. The van der Waals surface area contributed by atoms with E-state index in [4.69, 9.17) is 16.3 Å². The van der Waals surface area contributed by atoms with Gasteiger partial charge in [0.15, 0.2) is 0 Å². The summed E-state index contributed by atoms with van der Waals surface area (Å²) < 4.78 is 5.10. The molecule has 1 aliphatic rings. The molecule has 132 valence electrons. The Hall–Kier alpha value is -1.30. The number of benzene rings is 1. The first kappa shape index (κ1) is 20.7. The van der Waals surface area contributed by atoms with E-state index in [2.05, 4.69) is 15.5 Å². The van der Waals surface area contributed by atoms with Crippen molar-refractivity contribution >= 4 is 29.2 Å². The molecule has 2 aromatic rings. The topological polar surface area (TPSA) is 47.0 Å². The third kappa shape index (κ3) is 7.07. The van der Waals surface area contributed by atoms with E-state index in [9.17, 15) is 0 Å². The highest BCUT2D eigenvalue weighted by atomic mass is 35.5. The highest BCUT2D eigenvalue weighted by Gasteiger charge is 2.18. The summed E-state index contributed by atoms with van der Waals surface area (Å²) in [6, 6.07) is 12.1. The Bertz CT molecular complexity index is 559. The van der Waals surface area contributed by atoms with Crippen molar-refractivity contribution in [1.29, 1.82) is 0 Å². The van der Waals surface area contributed by atoms with Gasteiger partial charge in [-0.05, 0) is 36.4 Å². The molecule has 1 saturated heterocycles. The van der Waals surface area contributed by atoms with E-state index < -0.39 is 0 Å². The van der Waals surface area contributed by atoms with Crippen molar-refractivity contribution in [3.8, 4) is 0 Å². The summed E-state index contributed by atoms with van der Waals surface area (Å²) in [7, 11) is 0. The Balaban J connectivity index is 0.000000671. The molecule has 3 rings (SSSR count). The fourth-order valence-corrected chi connectivity index (χ4v) is 2.65. The molecule has 0 saturated carbocycles. The summed E-state index contributed by atoms with van der Waals surface area (Å²) in [6.45, 7) is 9.49. The minimum absolute atomic E-state index is 0.374. The van der Waals surface area contributed by atoms with Gasteiger partial charge in [-0.15, -0.1) is 16.9 Å². The van der Waals surface area contributed by atoms with Gasteiger partial charge in [0.1, 0.15) is 5.82 Å². The monoisotopic (exact) mass is 367 g/mol. The first-order valence-electron chi connectivity index (χ1n) is 8.35. The number of ether oxygens (including phenoxy) is 1. The molecule has 6 heteroatoms. The van der Waals surface area contributed by atoms with Crippen molar-refractivity contribution in [1.82, 2.24) is 10.2 Å². The van der Waals surface area contributed by atoms with E-state index in [1.165, 1.54) is 4.90 Å². The SMILES string of the molecule is CC.CC.Clc1ccc(SCc2ccc(NC3COC3)nn2)cc1. The fourth-order valence-electron chi connectivity index (χ4n) is 1.73. The molecule has 0 bridgehead atoms. The lowest BCUT2D eigenvalue weighted by Gasteiger charge is -2.26. The number of thioether (sulfide) groups is 1. The van der Waals surface area contributed by atoms with Crippen LogP contribution in [0.15, 0.2) is 41.3 Å². The molecule has 0 amide bonds. The van der Waals surface area contributed by atoms with Crippen molar-refractivity contribution in [3.63, 3.8) is 0 Å². The van der Waals surface area contributed by atoms with Crippen LogP contribution >= 0.6 is 23.4 Å². The van der Waals surface area contributed by atoms with Crippen molar-refractivity contribution in [3.05, 3.63) is 47.1 Å². The Labute approximate surface area is 154 Å². The Morgan fingerprint density at radius 2 is 1.71 bits per heavy atom. The van der Waals surface area contributed by atoms with Gasteiger partial charge in [-0.3, -0.25) is 0 Å². The smallest absolute Gasteiger partial charge is 0.149 e. The number of anilines is 1. The van der Waals surface area contributed by atoms with E-state index in [1.807, 2.05) is 64.1 Å². The number of hydrogen-bond donors (Lipinski definition) is 1. The quantitative estimate of drug-likeness (QED) is 0.728. The normalized spacial score (nSPS) is 12.9. The lowest BCUT2D eigenvalue weighted by atomic mass is 10.2. The molecule has 1 fully saturated rings. The number of halogens is 1. The summed E-state index contributed by atoms with van der Waals surface area (Å²) in [5.74, 6) is 1.60. The summed E-state index contributed by atoms with van der Waals surface area (Å²) >= 11 is 7.57. The van der Waals surface area contributed by atoms with Crippen LogP contribution in [0.1, 0.15) is 33.4 Å². The van der Waals surface area contributed by atoms with Crippen LogP contribution in [0.5, 0.6) is 0 Å². The van der Waals surface area contributed by atoms with E-state index >= 15 is 0 Å². The van der Waals surface area contributed by atoms with Gasteiger partial charge in [-0.1, -0.05) is 39.3 Å². The molecule has 0 atom stereocenters. The minimum Gasteiger partial charge on any atom is -0.377 e. The summed E-state index contributed by atoms with van der Waals surface area (Å²) in [5.41, 5.74) is 0.959. The predicted molar refractivity (Wildman–Crippen MR) is 104 cm³/mol. The molecule has 1 aromatic heterocycles. The van der Waals surface area contributed by atoms with Gasteiger partial charge >= 0.3 is 0 Å². The molecule has 0 radical (unpaired) electrons. The number of hydrogen-bond acceptors (Lipinski definition) is 5. The van der Waals surface area contributed by atoms with Gasteiger partial charge in [0.25, 0.3) is 0 Å². The minimum atomic E-state index is 0.374. The first-order chi connectivity index (χ1) is 11.8. The van der Waals surface area contributed by atoms with Crippen molar-refractivity contribution < 1.29 is 4.74 Å². The van der Waals surface area contributed by atoms with Crippen molar-refractivity contribution in [2.75, 3.05) is 18.5 Å². The number of nitrogens with zero attached hydrogens (tertiary/aromatic N) is 2. The zero-order valence-electron chi connectivity index (χ0n) is 14.8. The van der Waals surface area contributed by atoms with Crippen molar-refractivity contribution in [2.24, 2.45) is 0 Å². The van der Waals surface area contributed by atoms with E-state index in [1.54, 1.807) is 11.8 Å². The van der Waals surface area contributed by atoms with Crippen LogP contribution < -0.4 is 5.32 Å². The molecule has 24 heavy (non-hydrogen) atoms. The summed E-state index contributed by atoms with van der Waals surface area (Å²) in [6.07, 6.45) is 0. The maximum Gasteiger partial charge on any atom is 0.149 e. The molecule has 1 N–H and O–H groups in total. The van der Waals surface area contributed by atoms with E-state index in [0.717, 1.165) is 35.5 Å². The van der Waals surface area contributed by atoms with Gasteiger partial charge in [0.05, 0.1) is 24.9 Å². The van der Waals surface area contributed by atoms with Crippen LogP contribution in [0.25, 0.3) is 0 Å². The third-order valence-corrected chi connectivity index (χ3v) is 4.21. The van der Waals surface area contributed by atoms with E-state index in [0.29, 0.717) is 6.04 Å². The first-order valence-corrected chi connectivity index (χ1v) is 9.71. The predicted octanol–water partition coefficient (Wildman–Crippen LogP) is 5.29. The van der Waals surface area contributed by atoms with Crippen molar-refractivity contribution in [2.45, 2.75) is 44.4 Å². The lowest BCUT2D eigenvalue weighted by molar-refractivity contribution is 0.0209. The van der Waals surface area contributed by atoms with E-state index in [-0.39, 0.29) is 0 Å². The second-order valence-electron chi connectivity index (χ2n) is 4.53. The second kappa shape index (κ2) is 12.1. The molecular formula is C18H26ClN3OS. The van der Waals surface area contributed by atoms with Crippen LogP contribution in [0.4, 0.5) is 5.82 Å². The highest BCUT2D eigenvalue weighted by molar-refractivity contribution is 7.98. The standard InChI is InChI=1S/C14H14ClN3OS.2C2H6/c15-10-1-4-13(5-2-10)20-9-11-3-6-14(18-17-11)16-12-7-19-8-12;2*1-2/h1-6,12H,7-9H2,(H,16,18);2*1-2H3. The second-order valence-corrected chi connectivity index (χ2v) is 6.02. The molecule has 4 nitrogen and oxygen atoms in total. The number of rotatable bonds is 5. The number of aromatic nitrogens is 2. The van der Waals surface area contributed by atoms with Gasteiger partial charge in [-0.2, -0.15) is 5.10 Å². The Kier molecular flexibility index (Phi) is 10.5. The Morgan fingerprint density at radius 1 is 1.04 bits per heavy atom. The zero-order valence-corrected chi connectivity index (χ0v) is 16.3. The van der Waals surface area contributed by atoms with Gasteiger partial charge < -0.3 is 10.1 Å². The van der Waals surface area contributed by atoms with Crippen LogP contribution in [-0.2, 0) is 10.5 Å². The van der Waals surface area contributed by atoms with Gasteiger partial charge in [0, 0.05) is 15.7 Å². The summed E-state index contributed by atoms with van der Waals surface area (Å²) in [5, 5.41) is 12.4.